The van der Waals surface area contributed by atoms with Gasteiger partial charge in [0.1, 0.15) is 0 Å². The lowest BCUT2D eigenvalue weighted by molar-refractivity contribution is -0.0139. The predicted octanol–water partition coefficient (Wildman–Crippen LogP) is 2.00. The van der Waals surface area contributed by atoms with E-state index >= 15 is 0 Å². The van der Waals surface area contributed by atoms with Gasteiger partial charge in [-0.25, -0.2) is 0 Å². The Hall–Kier alpha value is -1.39. The lowest BCUT2D eigenvalue weighted by Gasteiger charge is -2.39. The summed E-state index contributed by atoms with van der Waals surface area (Å²) >= 11 is 0. The smallest absolute Gasteiger partial charge is 0.253 e. The monoisotopic (exact) mass is 290 g/mol. The molecule has 1 heterocycles. The van der Waals surface area contributed by atoms with Crippen LogP contribution in [0.3, 0.4) is 0 Å². The van der Waals surface area contributed by atoms with E-state index in [2.05, 4.69) is 4.90 Å². The number of rotatable bonds is 5. The van der Waals surface area contributed by atoms with Gasteiger partial charge in [-0.1, -0.05) is 32.0 Å². The first kappa shape index (κ1) is 16.0. The van der Waals surface area contributed by atoms with Gasteiger partial charge >= 0.3 is 0 Å². The molecule has 1 aromatic rings. The van der Waals surface area contributed by atoms with Crippen molar-refractivity contribution in [3.05, 3.63) is 35.9 Å². The Kier molecular flexibility index (Phi) is 5.37. The molecule has 0 bridgehead atoms. The van der Waals surface area contributed by atoms with Crippen LogP contribution in [0.15, 0.2) is 30.3 Å². The average molecular weight is 290 g/mol. The highest BCUT2D eigenvalue weighted by Gasteiger charge is 2.29. The molecule has 0 atom stereocenters. The fourth-order valence-electron chi connectivity index (χ4n) is 2.76. The quantitative estimate of drug-likeness (QED) is 0.902. The van der Waals surface area contributed by atoms with Gasteiger partial charge in [-0.15, -0.1) is 0 Å². The van der Waals surface area contributed by atoms with E-state index in [-0.39, 0.29) is 5.91 Å². The molecule has 1 saturated heterocycles. The van der Waals surface area contributed by atoms with Crippen LogP contribution in [0.1, 0.15) is 37.0 Å². The summed E-state index contributed by atoms with van der Waals surface area (Å²) in [5, 5.41) is 10.4. The van der Waals surface area contributed by atoms with E-state index < -0.39 is 5.60 Å². The van der Waals surface area contributed by atoms with Crippen LogP contribution in [0.25, 0.3) is 0 Å². The first-order valence-corrected chi connectivity index (χ1v) is 7.87. The summed E-state index contributed by atoms with van der Waals surface area (Å²) in [4.78, 5) is 16.5. The summed E-state index contributed by atoms with van der Waals surface area (Å²) in [6.07, 6.45) is 1.54. The van der Waals surface area contributed by atoms with Crippen molar-refractivity contribution in [1.29, 1.82) is 0 Å². The predicted molar refractivity (Wildman–Crippen MR) is 84.3 cm³/mol. The highest BCUT2D eigenvalue weighted by molar-refractivity contribution is 5.94. The van der Waals surface area contributed by atoms with Crippen molar-refractivity contribution in [2.75, 3.05) is 32.7 Å². The molecule has 0 aliphatic carbocycles. The van der Waals surface area contributed by atoms with Crippen LogP contribution in [0.5, 0.6) is 0 Å². The maximum Gasteiger partial charge on any atom is 0.253 e. The Bertz CT molecular complexity index is 449. The molecule has 1 amide bonds. The number of nitrogens with zero attached hydrogens (tertiary/aromatic N) is 2. The lowest BCUT2D eigenvalue weighted by atomic mass is 9.96. The van der Waals surface area contributed by atoms with Crippen LogP contribution >= 0.6 is 0 Å². The number of benzene rings is 1. The number of β-amino-alcohol motifs (C(OH)–C–C–N with tert-alkyl or cyclic N) is 1. The second-order valence-corrected chi connectivity index (χ2v) is 5.87. The number of hydrogen-bond acceptors (Lipinski definition) is 3. The van der Waals surface area contributed by atoms with Crippen molar-refractivity contribution in [1.82, 2.24) is 9.80 Å². The zero-order valence-electron chi connectivity index (χ0n) is 13.1. The molecule has 1 fully saturated rings. The Morgan fingerprint density at radius 3 is 2.19 bits per heavy atom. The van der Waals surface area contributed by atoms with Crippen molar-refractivity contribution >= 4 is 5.91 Å². The minimum absolute atomic E-state index is 0.108. The van der Waals surface area contributed by atoms with Crippen molar-refractivity contribution < 1.29 is 9.90 Å². The van der Waals surface area contributed by atoms with Crippen LogP contribution < -0.4 is 0 Å². The molecule has 0 spiro atoms. The fraction of sp³-hybridized carbons (Fsp3) is 0.588. The van der Waals surface area contributed by atoms with E-state index in [0.29, 0.717) is 6.54 Å². The SMILES string of the molecule is CCC(O)(CC)CN1CCN(C(=O)c2ccccc2)CC1. The molecule has 0 aromatic heterocycles. The van der Waals surface area contributed by atoms with Crippen LogP contribution in [-0.4, -0.2) is 59.1 Å². The van der Waals surface area contributed by atoms with Gasteiger partial charge in [-0.3, -0.25) is 9.69 Å². The molecule has 1 aromatic carbocycles. The zero-order chi connectivity index (χ0) is 15.3. The van der Waals surface area contributed by atoms with Crippen LogP contribution in [0, 0.1) is 0 Å². The highest BCUT2D eigenvalue weighted by Crippen LogP contribution is 2.18. The van der Waals surface area contributed by atoms with Gasteiger partial charge in [0.15, 0.2) is 0 Å². The molecule has 0 unspecified atom stereocenters. The minimum Gasteiger partial charge on any atom is -0.389 e. The van der Waals surface area contributed by atoms with Crippen molar-refractivity contribution in [2.45, 2.75) is 32.3 Å². The van der Waals surface area contributed by atoms with Crippen molar-refractivity contribution in [3.63, 3.8) is 0 Å². The number of hydrogen-bond donors (Lipinski definition) is 1. The standard InChI is InChI=1S/C17H26N2O2/c1-3-17(21,4-2)14-18-10-12-19(13-11-18)16(20)15-8-6-5-7-9-15/h5-9,21H,3-4,10-14H2,1-2H3. The summed E-state index contributed by atoms with van der Waals surface area (Å²) in [6.45, 7) is 7.89. The first-order chi connectivity index (χ1) is 10.1. The second kappa shape index (κ2) is 7.05. The molecule has 0 radical (unpaired) electrons. The van der Waals surface area contributed by atoms with Crippen LogP contribution in [-0.2, 0) is 0 Å². The highest BCUT2D eigenvalue weighted by atomic mass is 16.3. The van der Waals surface area contributed by atoms with Gasteiger partial charge in [0, 0.05) is 38.3 Å². The van der Waals surface area contributed by atoms with E-state index in [4.69, 9.17) is 0 Å². The summed E-state index contributed by atoms with van der Waals surface area (Å²) < 4.78 is 0. The van der Waals surface area contributed by atoms with Gasteiger partial charge in [-0.05, 0) is 25.0 Å². The van der Waals surface area contributed by atoms with Crippen molar-refractivity contribution in [2.24, 2.45) is 0 Å². The molecular weight excluding hydrogens is 264 g/mol. The Morgan fingerprint density at radius 2 is 1.67 bits per heavy atom. The topological polar surface area (TPSA) is 43.8 Å². The van der Waals surface area contributed by atoms with Crippen LogP contribution in [0.2, 0.25) is 0 Å². The largest absolute Gasteiger partial charge is 0.389 e. The Labute approximate surface area is 127 Å². The maximum absolute atomic E-state index is 12.4. The Morgan fingerprint density at radius 1 is 1.10 bits per heavy atom. The third kappa shape index (κ3) is 4.05. The van der Waals surface area contributed by atoms with Crippen LogP contribution in [0.4, 0.5) is 0 Å². The van der Waals surface area contributed by atoms with E-state index in [1.807, 2.05) is 49.1 Å². The molecule has 0 saturated carbocycles. The van der Waals surface area contributed by atoms with Crippen molar-refractivity contribution in [3.8, 4) is 0 Å². The van der Waals surface area contributed by atoms with E-state index in [0.717, 1.165) is 44.6 Å². The molecule has 1 aliphatic rings. The molecule has 4 heteroatoms. The molecule has 1 N–H and O–H groups in total. The van der Waals surface area contributed by atoms with Gasteiger partial charge in [0.05, 0.1) is 5.60 Å². The van der Waals surface area contributed by atoms with E-state index in [1.54, 1.807) is 0 Å². The van der Waals surface area contributed by atoms with Gasteiger partial charge < -0.3 is 10.0 Å². The molecule has 21 heavy (non-hydrogen) atoms. The number of carbonyl (C=O) groups excluding carboxylic acids is 1. The maximum atomic E-state index is 12.4. The molecular formula is C17H26N2O2. The summed E-state index contributed by atoms with van der Waals surface area (Å²) in [6, 6.07) is 9.44. The first-order valence-electron chi connectivity index (χ1n) is 7.87. The fourth-order valence-corrected chi connectivity index (χ4v) is 2.76. The third-order valence-corrected chi connectivity index (χ3v) is 4.51. The molecule has 4 nitrogen and oxygen atoms in total. The zero-order valence-corrected chi connectivity index (χ0v) is 13.1. The summed E-state index contributed by atoms with van der Waals surface area (Å²) in [5.41, 5.74) is 0.163. The van der Waals surface area contributed by atoms with Gasteiger partial charge in [0.25, 0.3) is 5.91 Å². The average Bonchev–Trinajstić information content (AvgIpc) is 2.55. The summed E-state index contributed by atoms with van der Waals surface area (Å²) in [5.74, 6) is 0.108. The van der Waals surface area contributed by atoms with E-state index in [9.17, 15) is 9.90 Å². The number of amides is 1. The normalized spacial score (nSPS) is 17.0. The Balaban J connectivity index is 1.87. The molecule has 2 rings (SSSR count). The third-order valence-electron chi connectivity index (χ3n) is 4.51. The lowest BCUT2D eigenvalue weighted by Crippen LogP contribution is -2.53. The van der Waals surface area contributed by atoms with Gasteiger partial charge in [-0.2, -0.15) is 0 Å². The minimum atomic E-state index is -0.592. The number of carbonyl (C=O) groups is 1. The molecule has 116 valence electrons. The summed E-state index contributed by atoms with van der Waals surface area (Å²) in [7, 11) is 0. The van der Waals surface area contributed by atoms with E-state index in [1.165, 1.54) is 0 Å². The molecule has 1 aliphatic heterocycles. The second-order valence-electron chi connectivity index (χ2n) is 5.87. The van der Waals surface area contributed by atoms with Gasteiger partial charge in [0.2, 0.25) is 0 Å². The number of piperazine rings is 1. The number of aliphatic hydroxyl groups is 1.